The summed E-state index contributed by atoms with van der Waals surface area (Å²) in [5.74, 6) is -2.55. The second-order valence-electron chi connectivity index (χ2n) is 8.55. The van der Waals surface area contributed by atoms with E-state index >= 15 is 0 Å². The van der Waals surface area contributed by atoms with Crippen molar-refractivity contribution >= 4 is 17.4 Å². The highest BCUT2D eigenvalue weighted by Gasteiger charge is 2.36. The lowest BCUT2D eigenvalue weighted by molar-refractivity contribution is -0.137. The fourth-order valence-corrected chi connectivity index (χ4v) is 3.82. The third kappa shape index (κ3) is 6.01. The van der Waals surface area contributed by atoms with Crippen LogP contribution in [0.3, 0.4) is 0 Å². The number of carbonyl (C=O) groups is 1. The van der Waals surface area contributed by atoms with Crippen molar-refractivity contribution in [1.82, 2.24) is 19.9 Å². The lowest BCUT2D eigenvalue weighted by Crippen LogP contribution is -2.47. The number of alkyl halides is 3. The van der Waals surface area contributed by atoms with Gasteiger partial charge in [-0.05, 0) is 30.3 Å². The normalized spacial score (nSPS) is 14.4. The Morgan fingerprint density at radius 2 is 1.68 bits per heavy atom. The molecule has 0 saturated carbocycles. The van der Waals surface area contributed by atoms with Gasteiger partial charge in [0.15, 0.2) is 11.6 Å². The number of carbonyl (C=O) groups excluding carboxylic acids is 1. The molecule has 3 heterocycles. The minimum absolute atomic E-state index is 0.149. The van der Waals surface area contributed by atoms with Gasteiger partial charge in [0.25, 0.3) is 0 Å². The molecule has 0 bridgehead atoms. The number of benzene rings is 1. The first-order valence-corrected chi connectivity index (χ1v) is 11.3. The molecule has 1 saturated heterocycles. The Hall–Kier alpha value is -4.09. The molecule has 0 amide bonds. The van der Waals surface area contributed by atoms with Crippen molar-refractivity contribution in [3.05, 3.63) is 77.9 Å². The van der Waals surface area contributed by atoms with Gasteiger partial charge >= 0.3 is 6.18 Å². The van der Waals surface area contributed by atoms with Crippen LogP contribution < -0.4 is 9.80 Å². The molecule has 2 aromatic heterocycles. The fourth-order valence-electron chi connectivity index (χ4n) is 3.82. The van der Waals surface area contributed by atoms with Crippen LogP contribution in [0, 0.1) is 11.6 Å². The van der Waals surface area contributed by atoms with Gasteiger partial charge in [-0.25, -0.2) is 23.7 Å². The van der Waals surface area contributed by atoms with E-state index in [0.717, 1.165) is 18.2 Å². The Labute approximate surface area is 209 Å². The van der Waals surface area contributed by atoms with Crippen molar-refractivity contribution < 1.29 is 26.7 Å². The first-order chi connectivity index (χ1) is 17.5. The van der Waals surface area contributed by atoms with Crippen LogP contribution in [0.5, 0.6) is 0 Å². The summed E-state index contributed by atoms with van der Waals surface area (Å²) in [4.78, 5) is 30.3. The Morgan fingerprint density at radius 3 is 2.32 bits per heavy atom. The molecular formula is C25H23F5N6O. The fraction of sp³-hybridized carbons (Fsp3) is 0.280. The van der Waals surface area contributed by atoms with Gasteiger partial charge < -0.3 is 14.7 Å². The lowest BCUT2D eigenvalue weighted by Gasteiger charge is -2.37. The number of pyridine rings is 1. The maximum Gasteiger partial charge on any atom is 0.419 e. The van der Waals surface area contributed by atoms with Crippen molar-refractivity contribution in [2.24, 2.45) is 0 Å². The monoisotopic (exact) mass is 518 g/mol. The highest BCUT2D eigenvalue weighted by atomic mass is 19.4. The topological polar surface area (TPSA) is 65.5 Å². The number of ketones is 1. The van der Waals surface area contributed by atoms with Crippen LogP contribution in [0.25, 0.3) is 11.3 Å². The number of hydrogen-bond donors (Lipinski definition) is 0. The molecular weight excluding hydrogens is 495 g/mol. The van der Waals surface area contributed by atoms with Crippen LogP contribution in [0.4, 0.5) is 33.6 Å². The van der Waals surface area contributed by atoms with Gasteiger partial charge in [0.2, 0.25) is 11.6 Å². The molecule has 1 aromatic carbocycles. The van der Waals surface area contributed by atoms with E-state index in [2.05, 4.69) is 15.0 Å². The predicted molar refractivity (Wildman–Crippen MR) is 128 cm³/mol. The Morgan fingerprint density at radius 1 is 0.973 bits per heavy atom. The van der Waals surface area contributed by atoms with Crippen LogP contribution >= 0.6 is 0 Å². The van der Waals surface area contributed by atoms with E-state index in [9.17, 15) is 26.7 Å². The zero-order valence-corrected chi connectivity index (χ0v) is 20.0. The van der Waals surface area contributed by atoms with Gasteiger partial charge in [-0.1, -0.05) is 0 Å². The van der Waals surface area contributed by atoms with Gasteiger partial charge in [-0.15, -0.1) is 0 Å². The van der Waals surface area contributed by atoms with Gasteiger partial charge in [-0.3, -0.25) is 4.79 Å². The second kappa shape index (κ2) is 10.5. The maximum atomic E-state index is 13.9. The minimum Gasteiger partial charge on any atom is -0.383 e. The molecule has 0 radical (unpaired) electrons. The van der Waals surface area contributed by atoms with Crippen molar-refractivity contribution in [3.63, 3.8) is 0 Å². The molecule has 1 aliphatic rings. The first-order valence-electron chi connectivity index (χ1n) is 11.3. The molecule has 0 aliphatic carbocycles. The highest BCUT2D eigenvalue weighted by Crippen LogP contribution is 2.35. The summed E-state index contributed by atoms with van der Waals surface area (Å²) in [5, 5.41) is 0. The average Bonchev–Trinajstić information content (AvgIpc) is 2.88. The van der Waals surface area contributed by atoms with Crippen molar-refractivity contribution in [1.29, 1.82) is 0 Å². The molecule has 1 aliphatic heterocycles. The molecule has 12 heteroatoms. The lowest BCUT2D eigenvalue weighted by atomic mass is 10.1. The van der Waals surface area contributed by atoms with E-state index in [1.54, 1.807) is 28.8 Å². The number of hydrogen-bond acceptors (Lipinski definition) is 7. The molecule has 7 nitrogen and oxygen atoms in total. The Kier molecular flexibility index (Phi) is 7.37. The van der Waals surface area contributed by atoms with Crippen molar-refractivity contribution in [2.45, 2.75) is 6.18 Å². The van der Waals surface area contributed by atoms with Crippen LogP contribution in [0.1, 0.15) is 16.2 Å². The molecule has 0 N–H and O–H groups in total. The van der Waals surface area contributed by atoms with Gasteiger partial charge in [0.1, 0.15) is 11.6 Å². The van der Waals surface area contributed by atoms with E-state index in [-0.39, 0.29) is 49.1 Å². The summed E-state index contributed by atoms with van der Waals surface area (Å²) in [6, 6.07) is 7.05. The number of rotatable bonds is 6. The summed E-state index contributed by atoms with van der Waals surface area (Å²) in [5.41, 5.74) is -0.362. The minimum atomic E-state index is -4.54. The van der Waals surface area contributed by atoms with Crippen LogP contribution in [0.15, 0.2) is 54.9 Å². The van der Waals surface area contributed by atoms with Gasteiger partial charge in [0.05, 0.1) is 11.3 Å². The molecule has 3 aromatic rings. The molecule has 0 unspecified atom stereocenters. The number of allylic oxidation sites excluding steroid dienone is 1. The first kappa shape index (κ1) is 26.0. The van der Waals surface area contributed by atoms with Crippen LogP contribution in [0.2, 0.25) is 0 Å². The van der Waals surface area contributed by atoms with Crippen molar-refractivity contribution in [2.75, 3.05) is 50.1 Å². The zero-order valence-electron chi connectivity index (χ0n) is 20.0. The summed E-state index contributed by atoms with van der Waals surface area (Å²) in [6.07, 6.45) is -0.415. The average molecular weight is 518 g/mol. The number of halogens is 5. The van der Waals surface area contributed by atoms with Crippen molar-refractivity contribution in [3.8, 4) is 11.3 Å². The summed E-state index contributed by atoms with van der Waals surface area (Å²) in [6.45, 7) is 0.995. The third-order valence-electron chi connectivity index (χ3n) is 5.67. The van der Waals surface area contributed by atoms with E-state index in [4.69, 9.17) is 0 Å². The highest BCUT2D eigenvalue weighted by molar-refractivity contribution is 6.02. The Bertz CT molecular complexity index is 1320. The largest absolute Gasteiger partial charge is 0.419 e. The molecule has 4 rings (SSSR count). The van der Waals surface area contributed by atoms with E-state index < -0.39 is 29.2 Å². The maximum absolute atomic E-state index is 13.9. The van der Waals surface area contributed by atoms with Gasteiger partial charge in [-0.2, -0.15) is 13.2 Å². The van der Waals surface area contributed by atoms with Crippen LogP contribution in [-0.2, 0) is 6.18 Å². The van der Waals surface area contributed by atoms with Crippen LogP contribution in [-0.4, -0.2) is 65.9 Å². The second-order valence-corrected chi connectivity index (χ2v) is 8.55. The van der Waals surface area contributed by atoms with E-state index in [1.807, 2.05) is 0 Å². The SMILES string of the molecule is CN(C)C=CC(=O)c1nc(-c2ccc(F)c(F)c2)cc(N2CCN(c3ncccc3C(F)(F)F)CC2)n1. The summed E-state index contributed by atoms with van der Waals surface area (Å²) in [7, 11) is 3.47. The Balaban J connectivity index is 1.64. The third-order valence-corrected chi connectivity index (χ3v) is 5.67. The molecule has 0 atom stereocenters. The molecule has 37 heavy (non-hydrogen) atoms. The molecule has 0 spiro atoms. The predicted octanol–water partition coefficient (Wildman–Crippen LogP) is 4.42. The van der Waals surface area contributed by atoms with E-state index in [0.29, 0.717) is 5.82 Å². The quantitative estimate of drug-likeness (QED) is 0.272. The summed E-state index contributed by atoms with van der Waals surface area (Å²) >= 11 is 0. The van der Waals surface area contributed by atoms with Gasteiger partial charge in [0, 0.05) is 70.4 Å². The van der Waals surface area contributed by atoms with E-state index in [1.165, 1.54) is 36.7 Å². The summed E-state index contributed by atoms with van der Waals surface area (Å²) < 4.78 is 67.7. The zero-order chi connectivity index (χ0) is 26.7. The standard InChI is InChI=1S/C25H23F5N6O/c1-34(2)9-7-21(37)23-32-20(16-5-6-18(26)19(27)14-16)15-22(33-23)35-10-12-36(13-11-35)24-17(25(28,29)30)4-3-8-31-24/h3-9,14-15H,10-13H2,1-2H3. The number of anilines is 2. The molecule has 194 valence electrons. The number of piperazine rings is 1. The number of nitrogens with zero attached hydrogens (tertiary/aromatic N) is 6. The molecule has 1 fully saturated rings. The smallest absolute Gasteiger partial charge is 0.383 e. The number of aromatic nitrogens is 3.